The number of nitrogens with zero attached hydrogens (tertiary/aromatic N) is 5. The molecule has 0 unspecified atom stereocenters. The Labute approximate surface area is 557 Å². The molecule has 0 atom stereocenters. The molecule has 0 fully saturated rings. The van der Waals surface area contributed by atoms with E-state index in [0.29, 0.717) is 42.5 Å². The predicted octanol–water partition coefficient (Wildman–Crippen LogP) is -16.8. The van der Waals surface area contributed by atoms with Gasteiger partial charge in [0.1, 0.15) is 62.0 Å². The minimum atomic E-state index is -5.83. The van der Waals surface area contributed by atoms with Crippen molar-refractivity contribution in [1.29, 1.82) is 0 Å². The van der Waals surface area contributed by atoms with Gasteiger partial charge in [0, 0.05) is 16.2 Å². The summed E-state index contributed by atoms with van der Waals surface area (Å²) in [6, 6.07) is 7.14. The molecule has 0 aliphatic carbocycles. The van der Waals surface area contributed by atoms with E-state index < -0.39 is 180 Å². The number of hydrogen-bond donors (Lipinski definition) is 3. The molecule has 0 aliphatic rings. The minimum Gasteiger partial charge on any atom is -0.744 e. The standard InChI is InChI=1S/C31H24ClN7O22S7.6Na/c32-29-35-30(33-19-6-4-15(13-23(19)65(49,50)51)62(41,42)9-8-61-68(58,59)60)37-31(36-29)34-21-12-16(63(43,44)45)10-14-11-24(66(52,53)54)26(27(40)25(14)21)39-38-20-7-5-17-18(28(20)67(55,56)57)2-1-3-22(17)64(46,47)48;;;;;;/h1-7,10-13,40H,8-9H2,(H,43,44,45)(H,46,47,48)(H,49,50,51)(H,52,53,54)(H,55,56,57)(H,58,59,60)(H2,33,34,35,36,37);;;;;;/q;6*+1/p-6. The van der Waals surface area contributed by atoms with E-state index in [9.17, 15) is 91.3 Å². The number of benzene rings is 5. The van der Waals surface area contributed by atoms with E-state index in [1.807, 2.05) is 0 Å². The quantitative estimate of drug-likeness (QED) is 0.0350. The summed E-state index contributed by atoms with van der Waals surface area (Å²) in [6.07, 6.45) is 0. The van der Waals surface area contributed by atoms with Crippen LogP contribution in [0.25, 0.3) is 21.5 Å². The van der Waals surface area contributed by atoms with Crippen LogP contribution in [0.4, 0.5) is 34.6 Å². The zero-order valence-electron chi connectivity index (χ0n) is 38.3. The van der Waals surface area contributed by atoms with Crippen molar-refractivity contribution in [2.24, 2.45) is 10.2 Å². The molecule has 6 rings (SSSR count). The molecule has 6 aromatic rings. The van der Waals surface area contributed by atoms with Gasteiger partial charge in [-0.25, -0.2) is 58.9 Å². The molecule has 0 radical (unpaired) electrons. The molecule has 0 bridgehead atoms. The summed E-state index contributed by atoms with van der Waals surface area (Å²) in [5, 5.41) is 19.5. The fraction of sp³-hybridized carbons (Fsp3) is 0.0645. The Balaban J connectivity index is 0.00000888. The minimum absolute atomic E-state index is 0. The van der Waals surface area contributed by atoms with Gasteiger partial charge in [-0.15, -0.1) is 10.2 Å². The van der Waals surface area contributed by atoms with Crippen molar-refractivity contribution in [2.45, 2.75) is 29.4 Å². The first-order valence-electron chi connectivity index (χ1n) is 17.1. The predicted molar refractivity (Wildman–Crippen MR) is 219 cm³/mol. The van der Waals surface area contributed by atoms with Gasteiger partial charge in [-0.1, -0.05) is 18.2 Å². The number of azo groups is 1. The Morgan fingerprint density at radius 3 is 1.62 bits per heavy atom. The van der Waals surface area contributed by atoms with Gasteiger partial charge in [0.05, 0.1) is 53.1 Å². The first-order chi connectivity index (χ1) is 31.0. The Morgan fingerprint density at radius 1 is 0.554 bits per heavy atom. The zero-order valence-corrected chi connectivity index (χ0v) is 56.7. The average Bonchev–Trinajstić information content (AvgIpc) is 3.17. The van der Waals surface area contributed by atoms with Gasteiger partial charge in [-0.05, 0) is 65.5 Å². The molecular formula is C31H18ClN7Na6O22S7. The number of nitrogens with one attached hydrogen (secondary N) is 2. The number of anilines is 4. The van der Waals surface area contributed by atoms with E-state index in [0.717, 1.165) is 24.3 Å². The number of aromatic hydroxyl groups is 1. The van der Waals surface area contributed by atoms with Gasteiger partial charge < -0.3 is 43.1 Å². The summed E-state index contributed by atoms with van der Waals surface area (Å²) in [5.41, 5.74) is -3.83. The number of aromatic nitrogens is 3. The summed E-state index contributed by atoms with van der Waals surface area (Å²) >= 11 is 6.03. The molecule has 0 saturated heterocycles. The van der Waals surface area contributed by atoms with Crippen molar-refractivity contribution >= 4 is 139 Å². The SMILES string of the molecule is O=S(=O)([O-])OCCS(=O)(=O)c1ccc(Nc2nc(Cl)nc(Nc3cc(S(=O)(=O)[O-])cc4cc(S(=O)(=O)[O-])c(N=Nc5ccc6c(S(=O)(=O)[O-])cccc6c5S(=O)(=O)[O-])c(O)c34)n2)c(S(=O)(=O)[O-])c1.[Na+].[Na+].[Na+].[Na+].[Na+].[Na+]. The van der Waals surface area contributed by atoms with Gasteiger partial charge in [0.25, 0.3) is 0 Å². The largest absolute Gasteiger partial charge is 1.00 e. The Morgan fingerprint density at radius 2 is 1.11 bits per heavy atom. The number of hydrogen-bond acceptors (Lipinski definition) is 29. The first-order valence-corrected chi connectivity index (χ1v) is 27.5. The van der Waals surface area contributed by atoms with Crippen molar-refractivity contribution in [1.82, 2.24) is 15.0 Å². The molecule has 1 aromatic heterocycles. The maximum atomic E-state index is 12.7. The van der Waals surface area contributed by atoms with Crippen molar-refractivity contribution in [3.63, 3.8) is 0 Å². The van der Waals surface area contributed by atoms with Crippen LogP contribution in [0.1, 0.15) is 0 Å². The van der Waals surface area contributed by atoms with Gasteiger partial charge >= 0.3 is 177 Å². The fourth-order valence-electron chi connectivity index (χ4n) is 6.02. The van der Waals surface area contributed by atoms with Crippen molar-refractivity contribution in [3.05, 3.63) is 72.0 Å². The topological polar surface area (TPSA) is 494 Å². The third-order valence-corrected chi connectivity index (χ3v) is 15.3. The molecule has 3 N–H and O–H groups in total. The summed E-state index contributed by atoms with van der Waals surface area (Å²) in [7, 11) is -37.9. The first kappa shape index (κ1) is 74.3. The summed E-state index contributed by atoms with van der Waals surface area (Å²) in [5.74, 6) is -4.22. The zero-order chi connectivity index (χ0) is 50.7. The number of phenolic OH excluding ortho intramolecular Hbond substituents is 1. The molecule has 29 nitrogen and oxygen atoms in total. The van der Waals surface area contributed by atoms with Crippen molar-refractivity contribution < 1.29 is 273 Å². The summed E-state index contributed by atoms with van der Waals surface area (Å²) < 4.78 is 245. The summed E-state index contributed by atoms with van der Waals surface area (Å²) in [4.78, 5) is 4.09. The molecule has 0 spiro atoms. The number of fused-ring (bicyclic) bond motifs is 2. The fourth-order valence-corrected chi connectivity index (χ4v) is 11.1. The van der Waals surface area contributed by atoms with E-state index in [4.69, 9.17) is 11.6 Å². The Kier molecular flexibility index (Phi) is 27.9. The molecule has 0 amide bonds. The second kappa shape index (κ2) is 27.8. The molecule has 0 aliphatic heterocycles. The maximum absolute atomic E-state index is 12.7. The number of rotatable bonds is 16. The number of sulfone groups is 1. The number of halogens is 1. The van der Waals surface area contributed by atoms with Crippen LogP contribution in [-0.4, -0.2) is 119 Å². The maximum Gasteiger partial charge on any atom is 1.00 e. The van der Waals surface area contributed by atoms with Crippen LogP contribution in [-0.2, 0) is 75.0 Å². The second-order valence-corrected chi connectivity index (χ2v) is 23.3. The van der Waals surface area contributed by atoms with Crippen molar-refractivity contribution in [2.75, 3.05) is 23.0 Å². The van der Waals surface area contributed by atoms with E-state index in [1.54, 1.807) is 0 Å². The summed E-state index contributed by atoms with van der Waals surface area (Å²) in [6.45, 7) is -1.20. The molecule has 5 aromatic carbocycles. The Bertz CT molecular complexity index is 4020. The normalized spacial score (nSPS) is 12.3. The third-order valence-electron chi connectivity index (χ3n) is 8.67. The van der Waals surface area contributed by atoms with Crippen LogP contribution in [0.3, 0.4) is 0 Å². The third kappa shape index (κ3) is 18.4. The van der Waals surface area contributed by atoms with Crippen LogP contribution in [0.2, 0.25) is 5.28 Å². The molecule has 43 heteroatoms. The van der Waals surface area contributed by atoms with Crippen LogP contribution in [0, 0.1) is 0 Å². The van der Waals surface area contributed by atoms with Crippen LogP contribution in [0.15, 0.2) is 106 Å². The van der Waals surface area contributed by atoms with Crippen LogP contribution in [0.5, 0.6) is 5.75 Å². The van der Waals surface area contributed by atoms with E-state index >= 15 is 0 Å². The second-order valence-electron chi connectivity index (χ2n) is 13.1. The van der Waals surface area contributed by atoms with Gasteiger partial charge in [0.2, 0.25) is 27.6 Å². The average molecular weight is 1240 g/mol. The Hall–Kier alpha value is 0.290. The monoisotopic (exact) mass is 1240 g/mol. The van der Waals surface area contributed by atoms with Gasteiger partial charge in [-0.2, -0.15) is 15.0 Å². The molecule has 1 heterocycles. The smallest absolute Gasteiger partial charge is 0.744 e. The van der Waals surface area contributed by atoms with E-state index in [2.05, 4.69) is 40.0 Å². The molecule has 74 heavy (non-hydrogen) atoms. The number of phenols is 1. The van der Waals surface area contributed by atoms with Crippen LogP contribution < -0.4 is 188 Å². The van der Waals surface area contributed by atoms with Gasteiger partial charge in [0.15, 0.2) is 15.6 Å². The molecule has 364 valence electrons. The molecular weight excluding hydrogens is 1220 g/mol. The molecule has 0 saturated carbocycles. The van der Waals surface area contributed by atoms with E-state index in [1.165, 1.54) is 0 Å². The van der Waals surface area contributed by atoms with Gasteiger partial charge in [-0.3, -0.25) is 4.18 Å². The van der Waals surface area contributed by atoms with E-state index in [-0.39, 0.29) is 177 Å². The van der Waals surface area contributed by atoms with Crippen molar-refractivity contribution in [3.8, 4) is 5.75 Å². The van der Waals surface area contributed by atoms with Crippen LogP contribution >= 0.6 is 11.6 Å².